The molecule has 0 atom stereocenters. The number of hydrogen-bond donors (Lipinski definition) is 1. The van der Waals surface area contributed by atoms with Crippen molar-refractivity contribution in [2.45, 2.75) is 6.54 Å². The molecule has 0 spiro atoms. The molecule has 1 N–H and O–H groups in total. The molecule has 1 amide bonds. The van der Waals surface area contributed by atoms with Gasteiger partial charge in [-0.05, 0) is 29.8 Å². The second-order valence-electron chi connectivity index (χ2n) is 5.29. The zero-order valence-electron chi connectivity index (χ0n) is 15.1. The molecule has 0 saturated heterocycles. The highest BCUT2D eigenvalue weighted by Crippen LogP contribution is 2.38. The first kappa shape index (κ1) is 19.1. The second kappa shape index (κ2) is 8.75. The zero-order valence-corrected chi connectivity index (χ0v) is 15.1. The molecule has 0 bridgehead atoms. The molecule has 0 aliphatic rings. The van der Waals surface area contributed by atoms with Crippen LogP contribution in [0.2, 0.25) is 0 Å². The van der Waals surface area contributed by atoms with Crippen molar-refractivity contribution >= 4 is 11.9 Å². The normalized spacial score (nSPS) is 10.0. The monoisotopic (exact) mass is 359 g/mol. The van der Waals surface area contributed by atoms with E-state index in [-0.39, 0.29) is 5.91 Å². The Morgan fingerprint density at radius 1 is 0.846 bits per heavy atom. The Bertz CT molecular complexity index is 760. The average Bonchev–Trinajstić information content (AvgIpc) is 2.70. The van der Waals surface area contributed by atoms with Gasteiger partial charge in [0.15, 0.2) is 11.5 Å². The Morgan fingerprint density at radius 3 is 1.88 bits per heavy atom. The smallest absolute Gasteiger partial charge is 0.337 e. The summed E-state index contributed by atoms with van der Waals surface area (Å²) < 4.78 is 20.4. The van der Waals surface area contributed by atoms with Gasteiger partial charge < -0.3 is 24.3 Å². The fraction of sp³-hybridized carbons (Fsp3) is 0.263. The summed E-state index contributed by atoms with van der Waals surface area (Å²) in [4.78, 5) is 23.9. The van der Waals surface area contributed by atoms with Gasteiger partial charge in [-0.3, -0.25) is 4.79 Å². The average molecular weight is 359 g/mol. The zero-order chi connectivity index (χ0) is 19.1. The molecule has 0 saturated carbocycles. The molecule has 2 aromatic carbocycles. The van der Waals surface area contributed by atoms with Crippen molar-refractivity contribution in [2.75, 3.05) is 28.4 Å². The molecule has 7 heteroatoms. The number of rotatable bonds is 7. The van der Waals surface area contributed by atoms with E-state index in [1.165, 1.54) is 28.4 Å². The van der Waals surface area contributed by atoms with Crippen LogP contribution in [-0.4, -0.2) is 40.3 Å². The third-order valence-corrected chi connectivity index (χ3v) is 3.76. The molecular weight excluding hydrogens is 338 g/mol. The van der Waals surface area contributed by atoms with E-state index >= 15 is 0 Å². The van der Waals surface area contributed by atoms with Crippen LogP contribution < -0.4 is 19.5 Å². The molecule has 7 nitrogen and oxygen atoms in total. The summed E-state index contributed by atoms with van der Waals surface area (Å²) in [5, 5.41) is 2.81. The lowest BCUT2D eigenvalue weighted by molar-refractivity contribution is 0.0600. The maximum absolute atomic E-state index is 12.4. The van der Waals surface area contributed by atoms with E-state index in [0.717, 1.165) is 5.56 Å². The minimum Gasteiger partial charge on any atom is -0.493 e. The van der Waals surface area contributed by atoms with Crippen molar-refractivity contribution in [3.63, 3.8) is 0 Å². The number of carbonyl (C=O) groups excluding carboxylic acids is 2. The number of benzene rings is 2. The Balaban J connectivity index is 2.11. The summed E-state index contributed by atoms with van der Waals surface area (Å²) in [7, 11) is 5.80. The molecule has 0 aromatic heterocycles. The third-order valence-electron chi connectivity index (χ3n) is 3.76. The van der Waals surface area contributed by atoms with Crippen LogP contribution in [0.5, 0.6) is 17.2 Å². The molecule has 0 aliphatic carbocycles. The number of nitrogens with one attached hydrogen (secondary N) is 1. The highest BCUT2D eigenvalue weighted by atomic mass is 16.5. The van der Waals surface area contributed by atoms with Crippen LogP contribution in [0.4, 0.5) is 0 Å². The van der Waals surface area contributed by atoms with Gasteiger partial charge in [-0.1, -0.05) is 12.1 Å². The number of methoxy groups -OCH3 is 4. The highest BCUT2D eigenvalue weighted by Gasteiger charge is 2.17. The summed E-state index contributed by atoms with van der Waals surface area (Å²) >= 11 is 0. The maximum Gasteiger partial charge on any atom is 0.337 e. The van der Waals surface area contributed by atoms with E-state index in [9.17, 15) is 9.59 Å². The van der Waals surface area contributed by atoms with E-state index in [4.69, 9.17) is 14.2 Å². The molecule has 0 heterocycles. The number of ether oxygens (including phenoxy) is 4. The van der Waals surface area contributed by atoms with E-state index in [2.05, 4.69) is 10.1 Å². The first-order valence-electron chi connectivity index (χ1n) is 7.79. The van der Waals surface area contributed by atoms with Crippen LogP contribution in [0.1, 0.15) is 26.3 Å². The lowest BCUT2D eigenvalue weighted by Gasteiger charge is -2.14. The van der Waals surface area contributed by atoms with Crippen molar-refractivity contribution in [2.24, 2.45) is 0 Å². The third kappa shape index (κ3) is 4.24. The predicted molar refractivity (Wildman–Crippen MR) is 95.0 cm³/mol. The second-order valence-corrected chi connectivity index (χ2v) is 5.29. The SMILES string of the molecule is COC(=O)c1ccc(CNC(=O)c2cc(OC)c(OC)c(OC)c2)cc1. The van der Waals surface area contributed by atoms with Gasteiger partial charge in [0, 0.05) is 12.1 Å². The molecule has 2 aromatic rings. The minimum atomic E-state index is -0.405. The molecule has 26 heavy (non-hydrogen) atoms. The summed E-state index contributed by atoms with van der Waals surface area (Å²) in [5.74, 6) is 0.531. The van der Waals surface area contributed by atoms with Gasteiger partial charge >= 0.3 is 5.97 Å². The van der Waals surface area contributed by atoms with Gasteiger partial charge in [-0.25, -0.2) is 4.79 Å². The standard InChI is InChI=1S/C19H21NO6/c1-23-15-9-14(10-16(24-2)17(15)25-3)18(21)20-11-12-5-7-13(8-6-12)19(22)26-4/h5-10H,11H2,1-4H3,(H,20,21). The molecule has 138 valence electrons. The molecule has 2 rings (SSSR count). The van der Waals surface area contributed by atoms with Crippen LogP contribution in [0.25, 0.3) is 0 Å². The maximum atomic E-state index is 12.4. The largest absolute Gasteiger partial charge is 0.493 e. The summed E-state index contributed by atoms with van der Waals surface area (Å²) in [5.41, 5.74) is 1.68. The van der Waals surface area contributed by atoms with Crippen molar-refractivity contribution in [1.29, 1.82) is 0 Å². The van der Waals surface area contributed by atoms with Gasteiger partial charge in [0.1, 0.15) is 0 Å². The fourth-order valence-electron chi connectivity index (χ4n) is 2.37. The highest BCUT2D eigenvalue weighted by molar-refractivity contribution is 5.95. The Kier molecular flexibility index (Phi) is 6.43. The van der Waals surface area contributed by atoms with Crippen molar-refractivity contribution in [3.05, 3.63) is 53.1 Å². The minimum absolute atomic E-state index is 0.290. The summed E-state index contributed by atoms with van der Waals surface area (Å²) in [6.45, 7) is 0.303. The number of esters is 1. The quantitative estimate of drug-likeness (QED) is 0.765. The molecule has 0 fully saturated rings. The molecule has 0 radical (unpaired) electrons. The number of carbonyl (C=O) groups is 2. The lowest BCUT2D eigenvalue weighted by Crippen LogP contribution is -2.23. The topological polar surface area (TPSA) is 83.1 Å². The first-order valence-corrected chi connectivity index (χ1v) is 7.79. The van der Waals surface area contributed by atoms with E-state index in [1.54, 1.807) is 36.4 Å². The van der Waals surface area contributed by atoms with Crippen LogP contribution in [-0.2, 0) is 11.3 Å². The molecular formula is C19H21NO6. The first-order chi connectivity index (χ1) is 12.5. The van der Waals surface area contributed by atoms with Crippen molar-refractivity contribution < 1.29 is 28.5 Å². The van der Waals surface area contributed by atoms with Crippen LogP contribution in [0, 0.1) is 0 Å². The number of hydrogen-bond acceptors (Lipinski definition) is 6. The van der Waals surface area contributed by atoms with E-state index < -0.39 is 5.97 Å². The Hall–Kier alpha value is -3.22. The Labute approximate surface area is 151 Å². The number of amides is 1. The van der Waals surface area contributed by atoms with E-state index in [0.29, 0.717) is 34.9 Å². The van der Waals surface area contributed by atoms with Crippen LogP contribution in [0.15, 0.2) is 36.4 Å². The molecule has 0 aliphatic heterocycles. The van der Waals surface area contributed by atoms with Crippen molar-refractivity contribution in [1.82, 2.24) is 5.32 Å². The summed E-state index contributed by atoms with van der Waals surface area (Å²) in [6, 6.07) is 9.96. The van der Waals surface area contributed by atoms with Gasteiger partial charge in [0.05, 0.1) is 34.0 Å². The fourth-order valence-corrected chi connectivity index (χ4v) is 2.37. The lowest BCUT2D eigenvalue weighted by atomic mass is 10.1. The van der Waals surface area contributed by atoms with Gasteiger partial charge in [0.2, 0.25) is 5.75 Å². The van der Waals surface area contributed by atoms with Crippen molar-refractivity contribution in [3.8, 4) is 17.2 Å². The van der Waals surface area contributed by atoms with Gasteiger partial charge in [-0.15, -0.1) is 0 Å². The van der Waals surface area contributed by atoms with Crippen LogP contribution in [0.3, 0.4) is 0 Å². The Morgan fingerprint density at radius 2 is 1.42 bits per heavy atom. The van der Waals surface area contributed by atoms with E-state index in [1.807, 2.05) is 0 Å². The van der Waals surface area contributed by atoms with Crippen LogP contribution >= 0.6 is 0 Å². The van der Waals surface area contributed by atoms with Gasteiger partial charge in [0.25, 0.3) is 5.91 Å². The predicted octanol–water partition coefficient (Wildman–Crippen LogP) is 2.43. The van der Waals surface area contributed by atoms with Gasteiger partial charge in [-0.2, -0.15) is 0 Å². The molecule has 0 unspecified atom stereocenters. The summed E-state index contributed by atoms with van der Waals surface area (Å²) in [6.07, 6.45) is 0.